The molecule has 0 amide bonds. The second-order valence-corrected chi connectivity index (χ2v) is 4.75. The number of fused-ring (bicyclic) bond motifs is 1. The second kappa shape index (κ2) is 2.38. The highest BCUT2D eigenvalue weighted by Gasteiger charge is 2.35. The molecule has 5 heteroatoms. The quantitative estimate of drug-likeness (QED) is 0.622. The molecule has 0 saturated heterocycles. The average molecular weight is 200 g/mol. The highest BCUT2D eigenvalue weighted by atomic mass is 32.2. The van der Waals surface area contributed by atoms with E-state index in [9.17, 15) is 17.6 Å². The van der Waals surface area contributed by atoms with E-state index in [1.54, 1.807) is 0 Å². The first-order chi connectivity index (χ1) is 6.02. The Labute approximate surface area is 74.1 Å². The molecule has 0 atom stereocenters. The van der Waals surface area contributed by atoms with Crippen LogP contribution < -0.4 is 0 Å². The summed E-state index contributed by atoms with van der Waals surface area (Å²) in [4.78, 5) is 10.9. The predicted molar refractivity (Wildman–Crippen MR) is 42.8 cm³/mol. The molecule has 0 bridgehead atoms. The van der Waals surface area contributed by atoms with E-state index in [0.717, 1.165) is 6.07 Å². The second-order valence-electron chi connectivity index (χ2n) is 2.80. The smallest absolute Gasteiger partial charge is 0.186 e. The average Bonchev–Trinajstić information content (AvgIpc) is 2.24. The zero-order valence-electron chi connectivity index (χ0n) is 6.45. The van der Waals surface area contributed by atoms with Crippen LogP contribution in [0.1, 0.15) is 10.4 Å². The first kappa shape index (κ1) is 8.37. The first-order valence-electron chi connectivity index (χ1n) is 3.57. The molecule has 1 aromatic carbocycles. The van der Waals surface area contributed by atoms with E-state index in [0.29, 0.717) is 0 Å². The molecule has 68 valence electrons. The summed E-state index contributed by atoms with van der Waals surface area (Å²) in [6.45, 7) is 0. The largest absolute Gasteiger partial charge is 0.293 e. The monoisotopic (exact) mass is 200 g/mol. The van der Waals surface area contributed by atoms with Crippen molar-refractivity contribution in [3.05, 3.63) is 29.6 Å². The molecule has 0 saturated carbocycles. The van der Waals surface area contributed by atoms with Crippen molar-refractivity contribution in [1.29, 1.82) is 0 Å². The zero-order valence-corrected chi connectivity index (χ0v) is 7.27. The molecular formula is C8H5FO3S. The standard InChI is InChI=1S/C8H5FO3S/c9-5-2-1-3-7-8(5)6(10)4-13(7,11)12/h1-3H,4H2. The first-order valence-corrected chi connectivity index (χ1v) is 5.22. The molecule has 0 aromatic heterocycles. The van der Waals surface area contributed by atoms with Crippen molar-refractivity contribution >= 4 is 15.6 Å². The van der Waals surface area contributed by atoms with Gasteiger partial charge in [-0.2, -0.15) is 0 Å². The fraction of sp³-hybridized carbons (Fsp3) is 0.125. The molecule has 0 aliphatic carbocycles. The predicted octanol–water partition coefficient (Wildman–Crippen LogP) is 0.796. The molecule has 1 heterocycles. The third kappa shape index (κ3) is 1.07. The van der Waals surface area contributed by atoms with E-state index in [2.05, 4.69) is 0 Å². The molecule has 0 spiro atoms. The summed E-state index contributed by atoms with van der Waals surface area (Å²) in [5, 5.41) is 0. The lowest BCUT2D eigenvalue weighted by atomic mass is 10.1. The molecule has 2 rings (SSSR count). The lowest BCUT2D eigenvalue weighted by Gasteiger charge is -1.95. The summed E-state index contributed by atoms with van der Waals surface area (Å²) in [5.41, 5.74) is -0.289. The van der Waals surface area contributed by atoms with Crippen molar-refractivity contribution in [3.8, 4) is 0 Å². The maximum absolute atomic E-state index is 13.0. The van der Waals surface area contributed by atoms with Crippen LogP contribution in [0.4, 0.5) is 4.39 Å². The summed E-state index contributed by atoms with van der Waals surface area (Å²) >= 11 is 0. The zero-order chi connectivity index (χ0) is 9.64. The number of carbonyl (C=O) groups is 1. The van der Waals surface area contributed by atoms with Gasteiger partial charge in [0.25, 0.3) is 0 Å². The van der Waals surface area contributed by atoms with Gasteiger partial charge in [-0.1, -0.05) is 6.07 Å². The van der Waals surface area contributed by atoms with Crippen LogP contribution in [0.3, 0.4) is 0 Å². The Morgan fingerprint density at radius 1 is 1.31 bits per heavy atom. The van der Waals surface area contributed by atoms with Gasteiger partial charge in [0.1, 0.15) is 11.6 Å². The summed E-state index contributed by atoms with van der Waals surface area (Å²) in [5.74, 6) is -2.03. The van der Waals surface area contributed by atoms with Crippen LogP contribution in [0.2, 0.25) is 0 Å². The van der Waals surface area contributed by atoms with Gasteiger partial charge in [0.05, 0.1) is 10.5 Å². The Morgan fingerprint density at radius 3 is 2.62 bits per heavy atom. The Morgan fingerprint density at radius 2 is 2.00 bits per heavy atom. The minimum absolute atomic E-state index is 0.183. The van der Waals surface area contributed by atoms with E-state index >= 15 is 0 Å². The number of hydrogen-bond donors (Lipinski definition) is 0. The number of benzene rings is 1. The molecule has 1 aliphatic rings. The van der Waals surface area contributed by atoms with Crippen LogP contribution in [0.15, 0.2) is 23.1 Å². The number of rotatable bonds is 0. The maximum atomic E-state index is 13.0. The van der Waals surface area contributed by atoms with Crippen molar-refractivity contribution in [1.82, 2.24) is 0 Å². The van der Waals surface area contributed by atoms with Gasteiger partial charge in [0, 0.05) is 0 Å². The Bertz CT molecular complexity index is 490. The van der Waals surface area contributed by atoms with Crippen LogP contribution >= 0.6 is 0 Å². The van der Waals surface area contributed by atoms with E-state index in [1.807, 2.05) is 0 Å². The van der Waals surface area contributed by atoms with Gasteiger partial charge in [-0.05, 0) is 12.1 Å². The van der Waals surface area contributed by atoms with E-state index in [1.165, 1.54) is 12.1 Å². The van der Waals surface area contributed by atoms with Crippen molar-refractivity contribution in [2.45, 2.75) is 4.90 Å². The third-order valence-corrected chi connectivity index (χ3v) is 3.56. The summed E-state index contributed by atoms with van der Waals surface area (Å²) in [6, 6.07) is 3.61. The van der Waals surface area contributed by atoms with Gasteiger partial charge >= 0.3 is 0 Å². The third-order valence-electron chi connectivity index (χ3n) is 1.91. The molecule has 0 unspecified atom stereocenters. The highest BCUT2D eigenvalue weighted by Crippen LogP contribution is 2.27. The topological polar surface area (TPSA) is 51.2 Å². The van der Waals surface area contributed by atoms with Gasteiger partial charge in [0.2, 0.25) is 0 Å². The lowest BCUT2D eigenvalue weighted by molar-refractivity contribution is 0.101. The van der Waals surface area contributed by atoms with Gasteiger partial charge in [-0.3, -0.25) is 4.79 Å². The van der Waals surface area contributed by atoms with Gasteiger partial charge in [-0.15, -0.1) is 0 Å². The van der Waals surface area contributed by atoms with Crippen LogP contribution in [0.5, 0.6) is 0 Å². The maximum Gasteiger partial charge on any atom is 0.186 e. The van der Waals surface area contributed by atoms with E-state index in [-0.39, 0.29) is 10.5 Å². The minimum atomic E-state index is -3.57. The van der Waals surface area contributed by atoms with Crippen LogP contribution in [-0.4, -0.2) is 20.0 Å². The Kier molecular flexibility index (Phi) is 1.53. The SMILES string of the molecule is O=C1CS(=O)(=O)c2cccc(F)c21. The van der Waals surface area contributed by atoms with E-state index < -0.39 is 27.2 Å². The summed E-state index contributed by atoms with van der Waals surface area (Å²) in [7, 11) is -3.57. The summed E-state index contributed by atoms with van der Waals surface area (Å²) in [6.07, 6.45) is 0. The molecule has 1 aliphatic heterocycles. The molecule has 0 radical (unpaired) electrons. The van der Waals surface area contributed by atoms with Crippen molar-refractivity contribution in [2.24, 2.45) is 0 Å². The molecule has 3 nitrogen and oxygen atoms in total. The Hall–Kier alpha value is -1.23. The number of carbonyl (C=O) groups excluding carboxylic acids is 1. The number of hydrogen-bond acceptors (Lipinski definition) is 3. The Balaban J connectivity index is 2.87. The normalized spacial score (nSPS) is 18.7. The summed E-state index contributed by atoms with van der Waals surface area (Å²) < 4.78 is 35.5. The fourth-order valence-corrected chi connectivity index (χ4v) is 2.81. The number of ketones is 1. The van der Waals surface area contributed by atoms with Crippen molar-refractivity contribution < 1.29 is 17.6 Å². The van der Waals surface area contributed by atoms with Crippen molar-refractivity contribution in [3.63, 3.8) is 0 Å². The van der Waals surface area contributed by atoms with Gasteiger partial charge < -0.3 is 0 Å². The van der Waals surface area contributed by atoms with Crippen LogP contribution in [0, 0.1) is 5.82 Å². The molecule has 13 heavy (non-hydrogen) atoms. The highest BCUT2D eigenvalue weighted by molar-refractivity contribution is 7.92. The lowest BCUT2D eigenvalue weighted by Crippen LogP contribution is -2.03. The number of Topliss-reactive ketones (excluding diaryl/α,β-unsaturated/α-hetero) is 1. The molecule has 0 fully saturated rings. The van der Waals surface area contributed by atoms with Crippen LogP contribution in [-0.2, 0) is 9.84 Å². The van der Waals surface area contributed by atoms with Gasteiger partial charge in [0.15, 0.2) is 15.6 Å². The van der Waals surface area contributed by atoms with Crippen molar-refractivity contribution in [2.75, 3.05) is 5.75 Å². The number of halogens is 1. The van der Waals surface area contributed by atoms with E-state index in [4.69, 9.17) is 0 Å². The molecular weight excluding hydrogens is 195 g/mol. The fourth-order valence-electron chi connectivity index (χ4n) is 1.36. The number of sulfone groups is 1. The molecule has 0 N–H and O–H groups in total. The van der Waals surface area contributed by atoms with Gasteiger partial charge in [-0.25, -0.2) is 12.8 Å². The molecule has 1 aromatic rings. The van der Waals surface area contributed by atoms with Crippen LogP contribution in [0.25, 0.3) is 0 Å². The minimum Gasteiger partial charge on any atom is -0.293 e.